The highest BCUT2D eigenvalue weighted by molar-refractivity contribution is 7.45. The van der Waals surface area contributed by atoms with Crippen molar-refractivity contribution in [1.82, 2.24) is 5.32 Å². The van der Waals surface area contributed by atoms with Crippen molar-refractivity contribution >= 4 is 13.7 Å². The summed E-state index contributed by atoms with van der Waals surface area (Å²) in [6, 6.07) is -0.902. The van der Waals surface area contributed by atoms with Crippen LogP contribution in [0.3, 0.4) is 0 Å². The average Bonchev–Trinajstić information content (AvgIpc) is 3.26. The van der Waals surface area contributed by atoms with Crippen molar-refractivity contribution < 1.29 is 32.9 Å². The summed E-state index contributed by atoms with van der Waals surface area (Å²) in [7, 11) is 1.24. The molecule has 8 nitrogen and oxygen atoms in total. The standard InChI is InChI=1S/C56H103N2O6P/c1-6-8-10-12-14-16-18-19-20-21-22-23-24-25-26-27-28-29-30-31-32-33-34-35-36-37-38-39-40-42-44-46-48-50-56(60)57-54(53-64-65(61,62)63-52-51-58(3,4)5)55(59)49-47-45-43-41-17-15-13-11-9-7-2/h8,10,14,16-17,19-20,22-23,41,47,49,54-55,59H,6-7,9,11-13,15,18,21,24-40,42-46,48,50-53H2,1-5H3,(H-,57,60,61,62)/b10-8-,16-14-,20-19-,23-22-,41-17+,49-47+. The Balaban J connectivity index is 3.98. The molecule has 0 aliphatic heterocycles. The lowest BCUT2D eigenvalue weighted by molar-refractivity contribution is -0.870. The summed E-state index contributed by atoms with van der Waals surface area (Å²) in [6.07, 6.45) is 64.3. The number of unbranched alkanes of at least 4 members (excludes halogenated alkanes) is 25. The first-order valence-corrected chi connectivity index (χ1v) is 28.3. The van der Waals surface area contributed by atoms with Gasteiger partial charge < -0.3 is 28.8 Å². The lowest BCUT2D eigenvalue weighted by atomic mass is 10.0. The second kappa shape index (κ2) is 47.0. The number of likely N-dealkylation sites (N-methyl/N-ethyl adjacent to an activating group) is 1. The van der Waals surface area contributed by atoms with Gasteiger partial charge in [-0.05, 0) is 70.6 Å². The van der Waals surface area contributed by atoms with Crippen LogP contribution in [-0.2, 0) is 18.4 Å². The highest BCUT2D eigenvalue weighted by Crippen LogP contribution is 2.38. The van der Waals surface area contributed by atoms with E-state index in [1.54, 1.807) is 6.08 Å². The molecule has 0 spiro atoms. The van der Waals surface area contributed by atoms with Gasteiger partial charge in [-0.3, -0.25) is 9.36 Å². The fourth-order valence-electron chi connectivity index (χ4n) is 7.45. The molecule has 0 fully saturated rings. The molecule has 0 heterocycles. The van der Waals surface area contributed by atoms with E-state index >= 15 is 0 Å². The molecule has 0 saturated carbocycles. The third kappa shape index (κ3) is 49.7. The average molecular weight is 931 g/mol. The van der Waals surface area contributed by atoms with Crippen LogP contribution >= 0.6 is 7.82 Å². The first-order valence-electron chi connectivity index (χ1n) is 26.8. The minimum atomic E-state index is -4.60. The molecule has 0 aromatic carbocycles. The van der Waals surface area contributed by atoms with Crippen molar-refractivity contribution in [1.29, 1.82) is 0 Å². The van der Waals surface area contributed by atoms with Gasteiger partial charge >= 0.3 is 0 Å². The van der Waals surface area contributed by atoms with Crippen molar-refractivity contribution in [2.45, 2.75) is 238 Å². The maximum atomic E-state index is 12.9. The zero-order valence-corrected chi connectivity index (χ0v) is 43.8. The Bertz CT molecular complexity index is 1290. The van der Waals surface area contributed by atoms with Gasteiger partial charge in [0.05, 0.1) is 39.9 Å². The van der Waals surface area contributed by atoms with Crippen LogP contribution in [0.5, 0.6) is 0 Å². The normalized spacial score (nSPS) is 14.6. The molecule has 0 radical (unpaired) electrons. The van der Waals surface area contributed by atoms with E-state index < -0.39 is 26.6 Å². The number of rotatable bonds is 48. The van der Waals surface area contributed by atoms with Crippen molar-refractivity contribution in [2.75, 3.05) is 40.9 Å². The number of hydrogen-bond donors (Lipinski definition) is 2. The predicted octanol–water partition coefficient (Wildman–Crippen LogP) is 15.3. The molecule has 0 aliphatic carbocycles. The number of hydrogen-bond acceptors (Lipinski definition) is 6. The minimum Gasteiger partial charge on any atom is -0.756 e. The Kier molecular flexibility index (Phi) is 45.5. The van der Waals surface area contributed by atoms with E-state index in [0.29, 0.717) is 17.4 Å². The summed E-state index contributed by atoms with van der Waals surface area (Å²) in [5.41, 5.74) is 0. The second-order valence-electron chi connectivity index (χ2n) is 19.2. The second-order valence-corrected chi connectivity index (χ2v) is 20.6. The SMILES string of the molecule is CC/C=C\C/C=C\C/C=C\C/C=C\CCCCCCCCCCCCCCCCCCCCCCC(=O)NC(COP(=O)([O-])OCC[N+](C)(C)C)C(O)/C=C/CC/C=C/CCCCCC. The molecule has 65 heavy (non-hydrogen) atoms. The van der Waals surface area contributed by atoms with E-state index in [9.17, 15) is 19.4 Å². The van der Waals surface area contributed by atoms with E-state index in [1.165, 1.54) is 141 Å². The molecule has 0 rings (SSSR count). The van der Waals surface area contributed by atoms with Gasteiger partial charge in [-0.15, -0.1) is 0 Å². The molecular formula is C56H103N2O6P. The number of nitrogens with zero attached hydrogens (tertiary/aromatic N) is 1. The Morgan fingerprint density at radius 3 is 1.43 bits per heavy atom. The third-order valence-electron chi connectivity index (χ3n) is 11.7. The van der Waals surface area contributed by atoms with E-state index in [-0.39, 0.29) is 12.5 Å². The molecule has 0 saturated heterocycles. The van der Waals surface area contributed by atoms with Gasteiger partial charge in [0.25, 0.3) is 7.82 Å². The fraction of sp³-hybridized carbons (Fsp3) is 0.768. The number of amides is 1. The summed E-state index contributed by atoms with van der Waals surface area (Å²) in [6.45, 7) is 4.47. The Labute approximate surface area is 402 Å². The number of aliphatic hydroxyl groups is 1. The van der Waals surface area contributed by atoms with Crippen molar-refractivity contribution in [2.24, 2.45) is 0 Å². The van der Waals surface area contributed by atoms with Gasteiger partial charge in [-0.1, -0.05) is 222 Å². The smallest absolute Gasteiger partial charge is 0.268 e. The molecule has 1 amide bonds. The highest BCUT2D eigenvalue weighted by atomic mass is 31.2. The lowest BCUT2D eigenvalue weighted by Gasteiger charge is -2.29. The number of nitrogens with one attached hydrogen (secondary N) is 1. The molecule has 0 bridgehead atoms. The van der Waals surface area contributed by atoms with Crippen LogP contribution in [-0.4, -0.2) is 68.5 Å². The highest BCUT2D eigenvalue weighted by Gasteiger charge is 2.23. The fourth-order valence-corrected chi connectivity index (χ4v) is 8.18. The van der Waals surface area contributed by atoms with E-state index in [0.717, 1.165) is 64.2 Å². The summed E-state index contributed by atoms with van der Waals surface area (Å²) < 4.78 is 23.2. The number of phosphoric ester groups is 1. The van der Waals surface area contributed by atoms with Crippen LogP contribution in [0.2, 0.25) is 0 Å². The predicted molar refractivity (Wildman–Crippen MR) is 279 cm³/mol. The zero-order valence-electron chi connectivity index (χ0n) is 42.9. The van der Waals surface area contributed by atoms with Gasteiger partial charge in [0.2, 0.25) is 5.91 Å². The van der Waals surface area contributed by atoms with Gasteiger partial charge in [0.1, 0.15) is 13.2 Å². The van der Waals surface area contributed by atoms with Gasteiger partial charge in [-0.2, -0.15) is 0 Å². The zero-order chi connectivity index (χ0) is 47.8. The summed E-state index contributed by atoms with van der Waals surface area (Å²) in [4.78, 5) is 25.3. The summed E-state index contributed by atoms with van der Waals surface area (Å²) in [5, 5.41) is 13.7. The maximum Gasteiger partial charge on any atom is 0.268 e. The molecule has 0 aromatic rings. The van der Waals surface area contributed by atoms with Gasteiger partial charge in [0, 0.05) is 6.42 Å². The topological polar surface area (TPSA) is 108 Å². The van der Waals surface area contributed by atoms with Gasteiger partial charge in [0.15, 0.2) is 0 Å². The molecule has 378 valence electrons. The van der Waals surface area contributed by atoms with Crippen molar-refractivity contribution in [3.63, 3.8) is 0 Å². The Hall–Kier alpha value is -2.06. The van der Waals surface area contributed by atoms with Crippen molar-refractivity contribution in [3.05, 3.63) is 72.9 Å². The van der Waals surface area contributed by atoms with Crippen LogP contribution in [0.1, 0.15) is 226 Å². The third-order valence-corrected chi connectivity index (χ3v) is 12.6. The molecule has 3 atom stereocenters. The van der Waals surface area contributed by atoms with E-state index in [2.05, 4.69) is 79.9 Å². The summed E-state index contributed by atoms with van der Waals surface area (Å²) >= 11 is 0. The van der Waals surface area contributed by atoms with E-state index in [1.807, 2.05) is 27.2 Å². The number of phosphoric acid groups is 1. The van der Waals surface area contributed by atoms with Crippen LogP contribution in [0, 0.1) is 0 Å². The van der Waals surface area contributed by atoms with Crippen LogP contribution in [0.25, 0.3) is 0 Å². The van der Waals surface area contributed by atoms with Crippen LogP contribution in [0.15, 0.2) is 72.9 Å². The summed E-state index contributed by atoms with van der Waals surface area (Å²) in [5.74, 6) is -0.209. The largest absolute Gasteiger partial charge is 0.756 e. The first kappa shape index (κ1) is 62.9. The quantitative estimate of drug-likeness (QED) is 0.0272. The molecule has 2 N–H and O–H groups in total. The van der Waals surface area contributed by atoms with Crippen LogP contribution < -0.4 is 10.2 Å². The molecule has 3 unspecified atom stereocenters. The first-order chi connectivity index (χ1) is 31.5. The Morgan fingerprint density at radius 1 is 0.554 bits per heavy atom. The minimum absolute atomic E-state index is 0.00753. The maximum absolute atomic E-state index is 12.9. The monoisotopic (exact) mass is 931 g/mol. The lowest BCUT2D eigenvalue weighted by Crippen LogP contribution is -2.45. The van der Waals surface area contributed by atoms with Crippen molar-refractivity contribution in [3.8, 4) is 0 Å². The number of aliphatic hydroxyl groups excluding tert-OH is 1. The number of allylic oxidation sites excluding steroid dienone is 11. The number of carbonyl (C=O) groups is 1. The van der Waals surface area contributed by atoms with E-state index in [4.69, 9.17) is 9.05 Å². The number of quaternary nitrogens is 1. The van der Waals surface area contributed by atoms with Crippen LogP contribution in [0.4, 0.5) is 0 Å². The number of carbonyl (C=O) groups excluding carboxylic acids is 1. The molecule has 0 aliphatic rings. The molecule has 0 aromatic heterocycles. The Morgan fingerprint density at radius 2 is 0.954 bits per heavy atom. The molecular weight excluding hydrogens is 828 g/mol. The molecule has 9 heteroatoms. The van der Waals surface area contributed by atoms with Gasteiger partial charge in [-0.25, -0.2) is 0 Å².